The summed E-state index contributed by atoms with van der Waals surface area (Å²) in [4.78, 5) is 12.0. The van der Waals surface area contributed by atoms with Crippen molar-refractivity contribution in [2.45, 2.75) is 6.29 Å². The number of carbonyl (C=O) groups is 1. The van der Waals surface area contributed by atoms with E-state index >= 15 is 0 Å². The third kappa shape index (κ3) is 2.71. The minimum atomic E-state index is -3.70. The van der Waals surface area contributed by atoms with Gasteiger partial charge in [0.05, 0.1) is 0 Å². The normalized spacial score (nSPS) is 14.8. The molecule has 1 aliphatic rings. The molecule has 108 valence electrons. The fraction of sp³-hybridized carbons (Fsp3) is 0.0714. The van der Waals surface area contributed by atoms with Gasteiger partial charge in [0.15, 0.2) is 11.5 Å². The third-order valence-corrected chi connectivity index (χ3v) is 2.77. The molecule has 0 radical (unpaired) electrons. The van der Waals surface area contributed by atoms with E-state index in [4.69, 9.17) is 0 Å². The average Bonchev–Trinajstić information content (AvgIpc) is 2.72. The van der Waals surface area contributed by atoms with E-state index in [1.807, 2.05) is 0 Å². The Hall–Kier alpha value is -2.83. The van der Waals surface area contributed by atoms with Gasteiger partial charge in [-0.2, -0.15) is 0 Å². The summed E-state index contributed by atoms with van der Waals surface area (Å²) in [7, 11) is 0. The number of halogens is 2. The molecule has 1 amide bonds. The Morgan fingerprint density at radius 3 is 2.62 bits per heavy atom. The lowest BCUT2D eigenvalue weighted by Crippen LogP contribution is -2.25. The molecule has 0 aliphatic carbocycles. The lowest BCUT2D eigenvalue weighted by molar-refractivity contribution is -0.286. The van der Waals surface area contributed by atoms with Crippen molar-refractivity contribution in [1.82, 2.24) is 0 Å². The Labute approximate surface area is 117 Å². The van der Waals surface area contributed by atoms with E-state index in [2.05, 4.69) is 14.8 Å². The average molecular weight is 293 g/mol. The SMILES string of the molecule is O=C(Nc1ccc2c(c1)OC(F)(F)O2)c1cccc(O)c1. The second kappa shape index (κ2) is 4.62. The monoisotopic (exact) mass is 293 g/mol. The molecule has 0 spiro atoms. The molecule has 0 fully saturated rings. The van der Waals surface area contributed by atoms with E-state index in [-0.39, 0.29) is 28.5 Å². The highest BCUT2D eigenvalue weighted by Gasteiger charge is 2.43. The highest BCUT2D eigenvalue weighted by Crippen LogP contribution is 2.42. The van der Waals surface area contributed by atoms with Crippen LogP contribution in [0.25, 0.3) is 0 Å². The van der Waals surface area contributed by atoms with Crippen molar-refractivity contribution >= 4 is 11.6 Å². The highest BCUT2D eigenvalue weighted by molar-refractivity contribution is 6.04. The quantitative estimate of drug-likeness (QED) is 0.893. The van der Waals surface area contributed by atoms with E-state index in [0.29, 0.717) is 0 Å². The van der Waals surface area contributed by atoms with Gasteiger partial charge in [-0.1, -0.05) is 6.07 Å². The summed E-state index contributed by atoms with van der Waals surface area (Å²) in [6, 6.07) is 9.66. The summed E-state index contributed by atoms with van der Waals surface area (Å²) in [5, 5.41) is 11.8. The zero-order valence-corrected chi connectivity index (χ0v) is 10.5. The first kappa shape index (κ1) is 13.2. The number of nitrogens with one attached hydrogen (secondary N) is 1. The first-order valence-corrected chi connectivity index (χ1v) is 5.93. The molecule has 0 atom stereocenters. The maximum atomic E-state index is 12.9. The van der Waals surface area contributed by atoms with Crippen LogP contribution in [0, 0.1) is 0 Å². The molecule has 0 bridgehead atoms. The highest BCUT2D eigenvalue weighted by atomic mass is 19.3. The van der Waals surface area contributed by atoms with Crippen LogP contribution in [0.15, 0.2) is 42.5 Å². The topological polar surface area (TPSA) is 67.8 Å². The number of hydrogen-bond acceptors (Lipinski definition) is 4. The molecule has 2 aromatic rings. The number of phenols is 1. The summed E-state index contributed by atoms with van der Waals surface area (Å²) < 4.78 is 34.3. The minimum Gasteiger partial charge on any atom is -0.508 e. The van der Waals surface area contributed by atoms with Crippen molar-refractivity contribution in [2.75, 3.05) is 5.32 Å². The number of anilines is 1. The predicted octanol–water partition coefficient (Wildman–Crippen LogP) is 2.97. The maximum absolute atomic E-state index is 12.9. The van der Waals surface area contributed by atoms with E-state index in [9.17, 15) is 18.7 Å². The zero-order chi connectivity index (χ0) is 15.0. The van der Waals surface area contributed by atoms with Gasteiger partial charge < -0.3 is 19.9 Å². The Morgan fingerprint density at radius 1 is 1.10 bits per heavy atom. The summed E-state index contributed by atoms with van der Waals surface area (Å²) in [5.74, 6) is -0.798. The molecule has 21 heavy (non-hydrogen) atoms. The summed E-state index contributed by atoms with van der Waals surface area (Å²) in [6.45, 7) is 0. The fourth-order valence-corrected chi connectivity index (χ4v) is 1.88. The molecular formula is C14H9F2NO4. The second-order valence-corrected chi connectivity index (χ2v) is 4.33. The Bertz CT molecular complexity index is 718. The third-order valence-electron chi connectivity index (χ3n) is 2.77. The van der Waals surface area contributed by atoms with Gasteiger partial charge in [-0.05, 0) is 30.3 Å². The minimum absolute atomic E-state index is 0.0482. The van der Waals surface area contributed by atoms with E-state index in [1.165, 1.54) is 42.5 Å². The van der Waals surface area contributed by atoms with Crippen LogP contribution in [0.3, 0.4) is 0 Å². The van der Waals surface area contributed by atoms with Crippen LogP contribution in [-0.2, 0) is 0 Å². The van der Waals surface area contributed by atoms with E-state index in [0.717, 1.165) is 0 Å². The number of phenolic OH excluding ortho intramolecular Hbond substituents is 1. The van der Waals surface area contributed by atoms with Crippen LogP contribution in [0.5, 0.6) is 17.2 Å². The molecule has 3 rings (SSSR count). The van der Waals surface area contributed by atoms with Crippen LogP contribution in [0.1, 0.15) is 10.4 Å². The van der Waals surface area contributed by atoms with Gasteiger partial charge in [-0.25, -0.2) is 0 Å². The lowest BCUT2D eigenvalue weighted by Gasteiger charge is -2.06. The molecule has 1 aliphatic heterocycles. The van der Waals surface area contributed by atoms with Gasteiger partial charge in [0, 0.05) is 17.3 Å². The number of fused-ring (bicyclic) bond motifs is 1. The second-order valence-electron chi connectivity index (χ2n) is 4.33. The van der Waals surface area contributed by atoms with Crippen LogP contribution in [0.2, 0.25) is 0 Å². The summed E-state index contributed by atoms with van der Waals surface area (Å²) in [5.41, 5.74) is 0.501. The van der Waals surface area contributed by atoms with Gasteiger partial charge in [0.25, 0.3) is 5.91 Å². The molecule has 0 unspecified atom stereocenters. The van der Waals surface area contributed by atoms with Crippen LogP contribution >= 0.6 is 0 Å². The van der Waals surface area contributed by atoms with Gasteiger partial charge in [-0.3, -0.25) is 4.79 Å². The smallest absolute Gasteiger partial charge is 0.508 e. The van der Waals surface area contributed by atoms with E-state index < -0.39 is 12.2 Å². The number of amides is 1. The molecular weight excluding hydrogens is 284 g/mol. The molecule has 1 heterocycles. The van der Waals surface area contributed by atoms with Crippen LogP contribution in [0.4, 0.5) is 14.5 Å². The van der Waals surface area contributed by atoms with Gasteiger partial charge >= 0.3 is 6.29 Å². The Kier molecular flexibility index (Phi) is 2.90. The molecule has 0 saturated heterocycles. The van der Waals surface area contributed by atoms with Crippen molar-refractivity contribution in [2.24, 2.45) is 0 Å². The number of hydrogen-bond donors (Lipinski definition) is 2. The Morgan fingerprint density at radius 2 is 1.86 bits per heavy atom. The van der Waals surface area contributed by atoms with Gasteiger partial charge in [0.2, 0.25) is 0 Å². The maximum Gasteiger partial charge on any atom is 0.586 e. The first-order valence-electron chi connectivity index (χ1n) is 5.93. The number of rotatable bonds is 2. The van der Waals surface area contributed by atoms with Crippen molar-refractivity contribution in [3.8, 4) is 17.2 Å². The van der Waals surface area contributed by atoms with Gasteiger partial charge in [-0.15, -0.1) is 8.78 Å². The van der Waals surface area contributed by atoms with Crippen molar-refractivity contribution < 1.29 is 28.2 Å². The number of carbonyl (C=O) groups excluding carboxylic acids is 1. The molecule has 5 nitrogen and oxygen atoms in total. The van der Waals surface area contributed by atoms with Crippen molar-refractivity contribution in [1.29, 1.82) is 0 Å². The molecule has 2 N–H and O–H groups in total. The molecule has 0 aromatic heterocycles. The number of ether oxygens (including phenoxy) is 2. The Balaban J connectivity index is 1.79. The standard InChI is InChI=1S/C14H9F2NO4/c15-14(16)20-11-5-4-9(7-12(11)21-14)17-13(19)8-2-1-3-10(18)6-8/h1-7,18H,(H,17,19). The fourth-order valence-electron chi connectivity index (χ4n) is 1.88. The lowest BCUT2D eigenvalue weighted by atomic mass is 10.2. The largest absolute Gasteiger partial charge is 0.586 e. The molecule has 7 heteroatoms. The summed E-state index contributed by atoms with van der Waals surface area (Å²) >= 11 is 0. The first-order chi connectivity index (χ1) is 9.93. The molecule has 0 saturated carbocycles. The van der Waals surface area contributed by atoms with Crippen LogP contribution in [-0.4, -0.2) is 17.3 Å². The molecule has 2 aromatic carbocycles. The van der Waals surface area contributed by atoms with Gasteiger partial charge in [0.1, 0.15) is 5.75 Å². The van der Waals surface area contributed by atoms with Crippen molar-refractivity contribution in [3.63, 3.8) is 0 Å². The number of aromatic hydroxyl groups is 1. The predicted molar refractivity (Wildman–Crippen MR) is 68.7 cm³/mol. The summed E-state index contributed by atoms with van der Waals surface area (Å²) in [6.07, 6.45) is -3.70. The van der Waals surface area contributed by atoms with Crippen molar-refractivity contribution in [3.05, 3.63) is 48.0 Å². The zero-order valence-electron chi connectivity index (χ0n) is 10.5. The number of benzene rings is 2. The number of alkyl halides is 2. The van der Waals surface area contributed by atoms with E-state index in [1.54, 1.807) is 0 Å². The van der Waals surface area contributed by atoms with Crippen LogP contribution < -0.4 is 14.8 Å².